The zero-order chi connectivity index (χ0) is 14.6. The maximum absolute atomic E-state index is 13.0. The summed E-state index contributed by atoms with van der Waals surface area (Å²) in [5.74, 6) is -1.72. The molecule has 19 heavy (non-hydrogen) atoms. The number of carbonyl (C=O) groups is 1. The Morgan fingerprint density at radius 3 is 2.58 bits per heavy atom. The summed E-state index contributed by atoms with van der Waals surface area (Å²) < 4.78 is 56.8. The van der Waals surface area contributed by atoms with Gasteiger partial charge in [-0.1, -0.05) is 0 Å². The van der Waals surface area contributed by atoms with E-state index < -0.39 is 31.4 Å². The van der Waals surface area contributed by atoms with Crippen molar-refractivity contribution in [2.45, 2.75) is 6.18 Å². The first-order valence-corrected chi connectivity index (χ1v) is 5.56. The quantitative estimate of drug-likeness (QED) is 0.299. The van der Waals surface area contributed by atoms with Gasteiger partial charge in [0.1, 0.15) is 12.4 Å². The fraction of sp³-hybridized carbons (Fsp3) is 0.300. The van der Waals surface area contributed by atoms with Crippen LogP contribution in [0.25, 0.3) is 0 Å². The number of hydrogen-bond acceptors (Lipinski definition) is 4. The standard InChI is InChI=1S/C10H8BrF4NO3/c11-6-2-7(12)8(16)1-5(6)9(17)19-4-18-3-10(13,14)15/h1-2H,3-4,16H2. The number of anilines is 1. The van der Waals surface area contributed by atoms with E-state index in [0.29, 0.717) is 0 Å². The van der Waals surface area contributed by atoms with Crippen molar-refractivity contribution in [1.82, 2.24) is 0 Å². The van der Waals surface area contributed by atoms with Gasteiger partial charge in [0.05, 0.1) is 11.3 Å². The van der Waals surface area contributed by atoms with Crippen LogP contribution in [0.15, 0.2) is 16.6 Å². The lowest BCUT2D eigenvalue weighted by Crippen LogP contribution is -2.19. The molecule has 0 spiro atoms. The Kier molecular flexibility index (Phi) is 5.12. The summed E-state index contributed by atoms with van der Waals surface area (Å²) in [5.41, 5.74) is 4.85. The van der Waals surface area contributed by atoms with E-state index in [0.717, 1.165) is 12.1 Å². The van der Waals surface area contributed by atoms with Crippen molar-refractivity contribution < 1.29 is 31.8 Å². The molecule has 1 aromatic carbocycles. The predicted octanol–water partition coefficient (Wildman–Crippen LogP) is 2.86. The number of ether oxygens (including phenoxy) is 2. The van der Waals surface area contributed by atoms with Gasteiger partial charge in [-0.25, -0.2) is 9.18 Å². The molecule has 0 saturated carbocycles. The number of nitrogen functional groups attached to an aromatic ring is 1. The van der Waals surface area contributed by atoms with E-state index in [1.54, 1.807) is 0 Å². The number of hydrogen-bond donors (Lipinski definition) is 1. The maximum atomic E-state index is 13.0. The number of alkyl halides is 3. The minimum absolute atomic E-state index is 0.0695. The lowest BCUT2D eigenvalue weighted by atomic mass is 10.2. The van der Waals surface area contributed by atoms with Gasteiger partial charge in [-0.3, -0.25) is 0 Å². The number of esters is 1. The second kappa shape index (κ2) is 6.20. The van der Waals surface area contributed by atoms with Crippen LogP contribution in [-0.2, 0) is 9.47 Å². The van der Waals surface area contributed by atoms with Crippen LogP contribution in [-0.4, -0.2) is 25.5 Å². The highest BCUT2D eigenvalue weighted by atomic mass is 79.9. The molecule has 0 amide bonds. The van der Waals surface area contributed by atoms with Gasteiger partial charge in [-0.15, -0.1) is 0 Å². The fourth-order valence-corrected chi connectivity index (χ4v) is 1.53. The SMILES string of the molecule is Nc1cc(C(=O)OCOCC(F)(F)F)c(Br)cc1F. The van der Waals surface area contributed by atoms with Gasteiger partial charge < -0.3 is 15.2 Å². The summed E-state index contributed by atoms with van der Waals surface area (Å²) in [5, 5.41) is 0. The Balaban J connectivity index is 2.57. The molecule has 0 saturated heterocycles. The third-order valence-electron chi connectivity index (χ3n) is 1.85. The van der Waals surface area contributed by atoms with Crippen molar-refractivity contribution in [2.75, 3.05) is 19.1 Å². The summed E-state index contributed by atoms with van der Waals surface area (Å²) in [6, 6.07) is 1.95. The average molecular weight is 346 g/mol. The molecule has 0 heterocycles. The fourth-order valence-electron chi connectivity index (χ4n) is 1.05. The Morgan fingerprint density at radius 1 is 1.37 bits per heavy atom. The van der Waals surface area contributed by atoms with Gasteiger partial charge in [0.2, 0.25) is 0 Å². The van der Waals surface area contributed by atoms with Gasteiger partial charge in [0.25, 0.3) is 0 Å². The Bertz CT molecular complexity index is 479. The molecule has 9 heteroatoms. The van der Waals surface area contributed by atoms with Crippen LogP contribution in [0.2, 0.25) is 0 Å². The molecule has 0 aromatic heterocycles. The second-order valence-corrected chi connectivity index (χ2v) is 4.22. The number of halogens is 5. The number of carbonyl (C=O) groups excluding carboxylic acids is 1. The molecule has 4 nitrogen and oxygen atoms in total. The summed E-state index contributed by atoms with van der Waals surface area (Å²) in [4.78, 5) is 11.5. The summed E-state index contributed by atoms with van der Waals surface area (Å²) in [6.45, 7) is -2.41. The van der Waals surface area contributed by atoms with Crippen molar-refractivity contribution in [1.29, 1.82) is 0 Å². The van der Waals surface area contributed by atoms with E-state index in [1.165, 1.54) is 0 Å². The molecule has 2 N–H and O–H groups in total. The first kappa shape index (κ1) is 15.7. The third kappa shape index (κ3) is 5.03. The van der Waals surface area contributed by atoms with Crippen LogP contribution in [0.3, 0.4) is 0 Å². The normalized spacial score (nSPS) is 11.4. The van der Waals surface area contributed by atoms with Crippen molar-refractivity contribution in [3.8, 4) is 0 Å². The molecule has 1 rings (SSSR count). The number of rotatable bonds is 4. The number of nitrogens with two attached hydrogens (primary N) is 1. The molecule has 0 aliphatic rings. The van der Waals surface area contributed by atoms with E-state index in [-0.39, 0.29) is 15.7 Å². The van der Waals surface area contributed by atoms with E-state index in [1.807, 2.05) is 0 Å². The first-order valence-electron chi connectivity index (χ1n) is 4.77. The topological polar surface area (TPSA) is 61.6 Å². The van der Waals surface area contributed by atoms with E-state index >= 15 is 0 Å². The molecule has 0 bridgehead atoms. The zero-order valence-electron chi connectivity index (χ0n) is 9.26. The first-order chi connectivity index (χ1) is 8.70. The lowest BCUT2D eigenvalue weighted by molar-refractivity contribution is -0.190. The van der Waals surface area contributed by atoms with Crippen LogP contribution in [0.4, 0.5) is 23.2 Å². The van der Waals surface area contributed by atoms with Gasteiger partial charge >= 0.3 is 12.1 Å². The van der Waals surface area contributed by atoms with E-state index in [4.69, 9.17) is 5.73 Å². The molecular weight excluding hydrogens is 338 g/mol. The zero-order valence-corrected chi connectivity index (χ0v) is 10.8. The van der Waals surface area contributed by atoms with Crippen LogP contribution in [0.1, 0.15) is 10.4 Å². The van der Waals surface area contributed by atoms with Crippen molar-refractivity contribution >= 4 is 27.6 Å². The van der Waals surface area contributed by atoms with Crippen LogP contribution in [0, 0.1) is 5.82 Å². The molecule has 1 aromatic rings. The summed E-state index contributed by atoms with van der Waals surface area (Å²) in [7, 11) is 0. The molecule has 0 atom stereocenters. The summed E-state index contributed by atoms with van der Waals surface area (Å²) >= 11 is 2.91. The highest BCUT2D eigenvalue weighted by Gasteiger charge is 2.27. The van der Waals surface area contributed by atoms with E-state index in [9.17, 15) is 22.4 Å². The molecule has 0 unspecified atom stereocenters. The molecular formula is C10H8BrF4NO3. The molecule has 0 radical (unpaired) electrons. The Morgan fingerprint density at radius 2 is 2.00 bits per heavy atom. The molecule has 0 aliphatic heterocycles. The van der Waals surface area contributed by atoms with Crippen molar-refractivity contribution in [3.05, 3.63) is 28.0 Å². The largest absolute Gasteiger partial charge is 0.435 e. The Hall–Kier alpha value is -1.35. The second-order valence-electron chi connectivity index (χ2n) is 3.37. The van der Waals surface area contributed by atoms with Crippen LogP contribution in [0.5, 0.6) is 0 Å². The average Bonchev–Trinajstić information content (AvgIpc) is 2.28. The smallest absolute Gasteiger partial charge is 0.411 e. The molecule has 0 aliphatic carbocycles. The summed E-state index contributed by atoms with van der Waals surface area (Å²) in [6.07, 6.45) is -4.51. The van der Waals surface area contributed by atoms with Gasteiger partial charge in [0, 0.05) is 4.47 Å². The minimum atomic E-state index is -4.51. The monoisotopic (exact) mass is 345 g/mol. The highest BCUT2D eigenvalue weighted by molar-refractivity contribution is 9.10. The lowest BCUT2D eigenvalue weighted by Gasteiger charge is -2.09. The minimum Gasteiger partial charge on any atom is -0.435 e. The van der Waals surface area contributed by atoms with Crippen molar-refractivity contribution in [2.24, 2.45) is 0 Å². The predicted molar refractivity (Wildman–Crippen MR) is 60.8 cm³/mol. The van der Waals surface area contributed by atoms with Crippen LogP contribution >= 0.6 is 15.9 Å². The highest BCUT2D eigenvalue weighted by Crippen LogP contribution is 2.23. The van der Waals surface area contributed by atoms with Crippen LogP contribution < -0.4 is 5.73 Å². The van der Waals surface area contributed by atoms with Gasteiger partial charge in [-0.2, -0.15) is 13.2 Å². The number of benzene rings is 1. The maximum Gasteiger partial charge on any atom is 0.411 e. The Labute approximate surface area is 113 Å². The van der Waals surface area contributed by atoms with E-state index in [2.05, 4.69) is 25.4 Å². The van der Waals surface area contributed by atoms with Gasteiger partial charge in [0.15, 0.2) is 6.79 Å². The molecule has 106 valence electrons. The third-order valence-corrected chi connectivity index (χ3v) is 2.50. The molecule has 0 fully saturated rings. The van der Waals surface area contributed by atoms with Crippen molar-refractivity contribution in [3.63, 3.8) is 0 Å². The van der Waals surface area contributed by atoms with Gasteiger partial charge in [-0.05, 0) is 28.1 Å².